The lowest BCUT2D eigenvalue weighted by molar-refractivity contribution is -0.663. The van der Waals surface area contributed by atoms with E-state index in [1.807, 2.05) is 30.5 Å². The Morgan fingerprint density at radius 1 is 0.417 bits per heavy atom. The first-order valence-corrected chi connectivity index (χ1v) is 24.0. The second-order valence-corrected chi connectivity index (χ2v) is 19.1. The van der Waals surface area contributed by atoms with Crippen LogP contribution in [0.5, 0.6) is 0 Å². The Morgan fingerprint density at radius 2 is 0.690 bits per heavy atom. The van der Waals surface area contributed by atoms with E-state index in [0.717, 1.165) is 42.2 Å². The van der Waals surface area contributed by atoms with Gasteiger partial charge in [0.25, 0.3) is 0 Å². The third-order valence-electron chi connectivity index (χ3n) is 13.8. The van der Waals surface area contributed by atoms with Crippen LogP contribution in [0.15, 0.2) is 127 Å². The van der Waals surface area contributed by atoms with Crippen molar-refractivity contribution < 1.29 is 129 Å². The lowest BCUT2D eigenvalue weighted by Crippen LogP contribution is -2.75. The number of alkyl halides is 24. The molecule has 0 aliphatic heterocycles. The summed E-state index contributed by atoms with van der Waals surface area (Å²) in [5, 5.41) is 1.11. The molecule has 0 N–H and O–H groups in total. The number of benzene rings is 5. The van der Waals surface area contributed by atoms with E-state index in [-0.39, 0.29) is 11.5 Å². The van der Waals surface area contributed by atoms with E-state index in [1.165, 1.54) is 20.6 Å². The average Bonchev–Trinajstić information content (AvgIpc) is 2.77. The summed E-state index contributed by atoms with van der Waals surface area (Å²) in [5.74, 6) is -1.06. The quantitative estimate of drug-likeness (QED) is 0.0275. The number of aromatic nitrogens is 1. The van der Waals surface area contributed by atoms with Crippen LogP contribution in [0.2, 0.25) is 0 Å². The van der Waals surface area contributed by atoms with Crippen molar-refractivity contribution in [3.05, 3.63) is 171 Å². The SMILES string of the molecule is COC(=O)C(C(=O)OC)=C(C[n+]1cccc2ccccc21)C1CCCCC1.FC(F)(F)c1cc([B-](c2cc(C(F)(F)F)cc(C(F)(F)F)c2)(c2cc(C(F)(F)F)cc(C(F)(F)F)c2)c2cc(C(F)(F)F)cc(C(F)(F)F)c2)cc(C(F)(F)F)c1. The molecule has 1 fully saturated rings. The fourth-order valence-corrected chi connectivity index (χ4v) is 10.0. The highest BCUT2D eigenvalue weighted by Crippen LogP contribution is 2.42. The van der Waals surface area contributed by atoms with Gasteiger partial charge < -0.3 is 9.47 Å². The molecule has 5 aromatic carbocycles. The normalized spacial score (nSPS) is 14.4. The first kappa shape index (κ1) is 65.7. The lowest BCUT2D eigenvalue weighted by Gasteiger charge is -2.46. The van der Waals surface area contributed by atoms with Gasteiger partial charge in [0.2, 0.25) is 5.52 Å². The number of fused-ring (bicyclic) bond motifs is 1. The number of halogens is 24. The number of allylic oxidation sites excluding steroid dienone is 1. The van der Waals surface area contributed by atoms with Crippen LogP contribution < -0.4 is 26.4 Å². The third-order valence-corrected chi connectivity index (χ3v) is 13.8. The van der Waals surface area contributed by atoms with E-state index in [1.54, 1.807) is 0 Å². The number of ether oxygens (including phenoxy) is 2. The minimum Gasteiger partial charge on any atom is -0.465 e. The first-order valence-electron chi connectivity index (χ1n) is 24.0. The van der Waals surface area contributed by atoms with E-state index < -0.39 is 207 Å². The van der Waals surface area contributed by atoms with Crippen LogP contribution in [-0.4, -0.2) is 32.3 Å². The van der Waals surface area contributed by atoms with Gasteiger partial charge in [-0.3, -0.25) is 0 Å². The first-order chi connectivity index (χ1) is 38.4. The van der Waals surface area contributed by atoms with Crippen molar-refractivity contribution in [2.75, 3.05) is 14.2 Å². The number of pyridine rings is 1. The lowest BCUT2D eigenvalue weighted by atomic mass is 9.12. The summed E-state index contributed by atoms with van der Waals surface area (Å²) in [4.78, 5) is 24.9. The van der Waals surface area contributed by atoms with Crippen LogP contribution in [0.3, 0.4) is 0 Å². The topological polar surface area (TPSA) is 56.5 Å². The molecular weight excluding hydrogens is 1190 g/mol. The molecule has 0 atom stereocenters. The fraction of sp³-hybridized carbons (Fsp3) is 0.315. The van der Waals surface area contributed by atoms with Crippen molar-refractivity contribution in [1.29, 1.82) is 0 Å². The van der Waals surface area contributed by atoms with Crippen LogP contribution in [0.1, 0.15) is 76.6 Å². The number of methoxy groups -OCH3 is 2. The van der Waals surface area contributed by atoms with Gasteiger partial charge in [0.1, 0.15) is 6.15 Å². The Bertz CT molecular complexity index is 2970. The number of rotatable bonds is 9. The molecule has 7 rings (SSSR count). The standard InChI is InChI=1S/C32H12BF24.C22H26NO4/c34-25(35,36)13-1-14(26(37,38)39)6-21(5-13)33(22-7-15(27(40,41)42)2-16(8-22)28(43,44)45,23-9-17(29(46,47)48)3-18(10-23)30(49,50)51)24-11-19(31(52,53)54)4-20(12-24)32(55,56)57;1-26-21(24)20(22(25)27-2)18(16-9-4-3-5-10-16)15-23-14-8-12-17-11-6-7-13-19(17)23/h1-12H;6-8,11-14,16H,3-5,9-10,15H2,1-2H3/q-1;+1. The highest BCUT2D eigenvalue weighted by Gasteiger charge is 2.47. The Morgan fingerprint density at radius 3 is 0.964 bits per heavy atom. The highest BCUT2D eigenvalue weighted by atomic mass is 19.4. The van der Waals surface area contributed by atoms with Gasteiger partial charge in [-0.15, -0.1) is 0 Å². The zero-order chi connectivity index (χ0) is 63.1. The summed E-state index contributed by atoms with van der Waals surface area (Å²) >= 11 is 0. The van der Waals surface area contributed by atoms with Crippen molar-refractivity contribution in [3.8, 4) is 0 Å². The van der Waals surface area contributed by atoms with Crippen LogP contribution in [0, 0.1) is 5.92 Å². The third kappa shape index (κ3) is 14.7. The summed E-state index contributed by atoms with van der Waals surface area (Å²) in [6, 6.07) is 3.31. The zero-order valence-corrected chi connectivity index (χ0v) is 42.5. The molecule has 1 aliphatic carbocycles. The molecule has 30 heteroatoms. The molecule has 1 aliphatic rings. The van der Waals surface area contributed by atoms with Crippen LogP contribution >= 0.6 is 0 Å². The molecule has 84 heavy (non-hydrogen) atoms. The molecule has 0 spiro atoms. The summed E-state index contributed by atoms with van der Waals surface area (Å²) in [6.07, 6.45) is -47.5. The largest absolute Gasteiger partial charge is 0.465 e. The van der Waals surface area contributed by atoms with E-state index in [0.29, 0.717) is 6.54 Å². The van der Waals surface area contributed by atoms with Gasteiger partial charge in [-0.1, -0.05) is 79.9 Å². The minimum atomic E-state index is -6.13. The van der Waals surface area contributed by atoms with Gasteiger partial charge in [0, 0.05) is 23.1 Å². The predicted molar refractivity (Wildman–Crippen MR) is 252 cm³/mol. The van der Waals surface area contributed by atoms with Crippen molar-refractivity contribution in [2.24, 2.45) is 5.92 Å². The molecule has 0 saturated heterocycles. The molecule has 454 valence electrons. The summed E-state index contributed by atoms with van der Waals surface area (Å²) in [7, 11) is 2.60. The molecule has 1 saturated carbocycles. The maximum Gasteiger partial charge on any atom is 0.416 e. The number of carbonyl (C=O) groups excluding carboxylic acids is 2. The van der Waals surface area contributed by atoms with E-state index >= 15 is 0 Å². The number of carbonyl (C=O) groups is 2. The van der Waals surface area contributed by atoms with E-state index in [9.17, 15) is 115 Å². The Hall–Kier alpha value is -7.43. The van der Waals surface area contributed by atoms with Crippen molar-refractivity contribution in [2.45, 2.75) is 88.1 Å². The number of hydrogen-bond donors (Lipinski definition) is 0. The summed E-state index contributed by atoms with van der Waals surface area (Å²) in [6.45, 7) is 0.464. The smallest absolute Gasteiger partial charge is 0.416 e. The van der Waals surface area contributed by atoms with E-state index in [2.05, 4.69) is 16.7 Å². The average molecular weight is 1230 g/mol. The molecule has 0 unspecified atom stereocenters. The second-order valence-electron chi connectivity index (χ2n) is 19.1. The highest BCUT2D eigenvalue weighted by molar-refractivity contribution is 7.20. The number of hydrogen-bond acceptors (Lipinski definition) is 4. The van der Waals surface area contributed by atoms with Gasteiger partial charge in [-0.05, 0) is 55.2 Å². The molecular formula is C54H38BF24NO4. The molecule has 0 bridgehead atoms. The van der Waals surface area contributed by atoms with Gasteiger partial charge in [-0.2, -0.15) is 132 Å². The fourth-order valence-electron chi connectivity index (χ4n) is 10.0. The Balaban J connectivity index is 0.000000347. The van der Waals surface area contributed by atoms with E-state index in [4.69, 9.17) is 9.47 Å². The predicted octanol–water partition coefficient (Wildman–Crippen LogP) is 14.6. The molecule has 6 aromatic rings. The zero-order valence-electron chi connectivity index (χ0n) is 42.5. The number of esters is 2. The van der Waals surface area contributed by atoms with Crippen molar-refractivity contribution in [3.63, 3.8) is 0 Å². The Labute approximate surface area is 458 Å². The second kappa shape index (κ2) is 23.6. The molecule has 5 nitrogen and oxygen atoms in total. The van der Waals surface area contributed by atoms with Gasteiger partial charge in [0.15, 0.2) is 18.3 Å². The van der Waals surface area contributed by atoms with Crippen LogP contribution in [-0.2, 0) is 75.0 Å². The van der Waals surface area contributed by atoms with Crippen molar-refractivity contribution >= 4 is 50.8 Å². The molecule has 1 aromatic heterocycles. The molecule has 0 radical (unpaired) electrons. The van der Waals surface area contributed by atoms with Crippen LogP contribution in [0.4, 0.5) is 105 Å². The Kier molecular flexibility index (Phi) is 18.4. The number of nitrogens with zero attached hydrogens (tertiary/aromatic N) is 1. The maximum atomic E-state index is 14.2. The summed E-state index contributed by atoms with van der Waals surface area (Å²) in [5.41, 5.74) is -28.3. The van der Waals surface area contributed by atoms with Crippen molar-refractivity contribution in [1.82, 2.24) is 0 Å². The van der Waals surface area contributed by atoms with Crippen LogP contribution in [0.25, 0.3) is 10.9 Å². The monoisotopic (exact) mass is 1230 g/mol. The minimum absolute atomic E-state index is 0.0485. The van der Waals surface area contributed by atoms with Gasteiger partial charge >= 0.3 is 61.3 Å². The maximum absolute atomic E-state index is 14.2. The van der Waals surface area contributed by atoms with Gasteiger partial charge in [0.05, 0.1) is 58.7 Å². The summed E-state index contributed by atoms with van der Waals surface area (Å²) < 4.78 is 353. The van der Waals surface area contributed by atoms with Gasteiger partial charge in [-0.25, -0.2) is 9.59 Å². The molecule has 1 heterocycles. The molecule has 0 amide bonds. The number of para-hydroxylation sites is 1.